The molecular weight excluding hydrogens is 595 g/mol. The zero-order valence-electron chi connectivity index (χ0n) is 27.1. The van der Waals surface area contributed by atoms with Gasteiger partial charge in [0.25, 0.3) is 0 Å². The van der Waals surface area contributed by atoms with E-state index in [1.807, 2.05) is 0 Å². The molecule has 1 spiro atoms. The van der Waals surface area contributed by atoms with E-state index in [-0.39, 0.29) is 5.41 Å². The van der Waals surface area contributed by atoms with E-state index in [0.717, 1.165) is 46.4 Å². The summed E-state index contributed by atoms with van der Waals surface area (Å²) in [6, 6.07) is 48.6. The molecule has 4 saturated carbocycles. The van der Waals surface area contributed by atoms with Crippen molar-refractivity contribution >= 4 is 43.1 Å². The molecule has 4 fully saturated rings. The van der Waals surface area contributed by atoms with Gasteiger partial charge in [-0.05, 0) is 127 Å². The van der Waals surface area contributed by atoms with Gasteiger partial charge in [0, 0.05) is 16.5 Å². The van der Waals surface area contributed by atoms with Crippen molar-refractivity contribution in [2.45, 2.75) is 31.1 Å². The van der Waals surface area contributed by atoms with E-state index in [2.05, 4.69) is 133 Å². The number of rotatable bonds is 4. The summed E-state index contributed by atoms with van der Waals surface area (Å²) in [6.07, 6.45) is 5.36. The quantitative estimate of drug-likeness (QED) is 0.182. The van der Waals surface area contributed by atoms with Crippen molar-refractivity contribution in [3.8, 4) is 33.9 Å². The number of hydrogen-bond donors (Lipinski definition) is 0. The van der Waals surface area contributed by atoms with Crippen LogP contribution in [0.4, 0.5) is 0 Å². The average molecular weight is 628 g/mol. The second-order valence-corrected chi connectivity index (χ2v) is 15.5. The van der Waals surface area contributed by atoms with Crippen LogP contribution in [-0.2, 0) is 5.41 Å². The Kier molecular flexibility index (Phi) is 4.97. The van der Waals surface area contributed by atoms with Crippen LogP contribution in [0.15, 0.2) is 133 Å². The molecule has 3 nitrogen and oxygen atoms in total. The molecule has 0 amide bonds. The Morgan fingerprint density at radius 1 is 0.449 bits per heavy atom. The Morgan fingerprint density at radius 2 is 1.10 bits per heavy atom. The number of aromatic nitrogens is 3. The predicted molar refractivity (Wildman–Crippen MR) is 199 cm³/mol. The maximum absolute atomic E-state index is 5.50. The molecule has 0 saturated heterocycles. The molecule has 232 valence electrons. The number of nitrogens with zero attached hydrogens (tertiary/aromatic N) is 3. The zero-order chi connectivity index (χ0) is 31.9. The van der Waals surface area contributed by atoms with Gasteiger partial charge in [0.15, 0.2) is 11.6 Å². The summed E-state index contributed by atoms with van der Waals surface area (Å²) in [5.74, 6) is 5.14. The summed E-state index contributed by atoms with van der Waals surface area (Å²) in [7, 11) is 0. The molecule has 0 radical (unpaired) electrons. The Balaban J connectivity index is 1.07. The van der Waals surface area contributed by atoms with Crippen LogP contribution < -0.4 is 0 Å². The molecule has 0 N–H and O–H groups in total. The molecule has 1 heterocycles. The normalized spacial score (nSPS) is 26.0. The van der Waals surface area contributed by atoms with Crippen LogP contribution >= 0.6 is 0 Å². The van der Waals surface area contributed by atoms with Gasteiger partial charge in [-0.1, -0.05) is 109 Å². The van der Waals surface area contributed by atoms with Crippen molar-refractivity contribution in [1.82, 2.24) is 15.0 Å². The van der Waals surface area contributed by atoms with Crippen LogP contribution in [0.25, 0.3) is 77.0 Å². The number of fused-ring (bicyclic) bond motifs is 5. The third-order valence-corrected chi connectivity index (χ3v) is 13.1. The maximum Gasteiger partial charge on any atom is 0.164 e. The third kappa shape index (κ3) is 3.55. The number of hydrogen-bond acceptors (Lipinski definition) is 3. The van der Waals surface area contributed by atoms with Crippen molar-refractivity contribution < 1.29 is 0 Å². The SMILES string of the molecule is c1ccc2cc(-c3nc(-c4cc(-c5ccc6c(ccc7ccccc76)c5)cc5ccccc45)nc(C45CC6CC7(CC7C4)C65)n3)ccc2c1. The second kappa shape index (κ2) is 9.18. The highest BCUT2D eigenvalue weighted by Crippen LogP contribution is 2.89. The smallest absolute Gasteiger partial charge is 0.164 e. The van der Waals surface area contributed by atoms with Crippen LogP contribution in [0.1, 0.15) is 31.5 Å². The molecule has 1 aromatic heterocycles. The van der Waals surface area contributed by atoms with Crippen LogP contribution in [0.2, 0.25) is 0 Å². The molecule has 5 unspecified atom stereocenters. The van der Waals surface area contributed by atoms with E-state index >= 15 is 0 Å². The lowest BCUT2D eigenvalue weighted by molar-refractivity contribution is -0.106. The lowest BCUT2D eigenvalue weighted by Crippen LogP contribution is -2.60. The Morgan fingerprint density at radius 3 is 2.00 bits per heavy atom. The van der Waals surface area contributed by atoms with Gasteiger partial charge in [-0.25, -0.2) is 15.0 Å². The van der Waals surface area contributed by atoms with Crippen LogP contribution in [0, 0.1) is 23.2 Å². The molecular formula is C46H33N3. The molecule has 49 heavy (non-hydrogen) atoms. The van der Waals surface area contributed by atoms with E-state index in [1.165, 1.54) is 79.9 Å². The fourth-order valence-corrected chi connectivity index (χ4v) is 11.0. The summed E-state index contributed by atoms with van der Waals surface area (Å²) >= 11 is 0. The van der Waals surface area contributed by atoms with E-state index in [9.17, 15) is 0 Å². The van der Waals surface area contributed by atoms with E-state index in [0.29, 0.717) is 5.41 Å². The molecule has 4 aliphatic rings. The minimum atomic E-state index is 0.115. The first-order valence-corrected chi connectivity index (χ1v) is 17.9. The van der Waals surface area contributed by atoms with Gasteiger partial charge in [-0.2, -0.15) is 0 Å². The van der Waals surface area contributed by atoms with Crippen molar-refractivity contribution in [2.24, 2.45) is 23.2 Å². The summed E-state index contributed by atoms with van der Waals surface area (Å²) < 4.78 is 0. The fraction of sp³-hybridized carbons (Fsp3) is 0.196. The van der Waals surface area contributed by atoms with E-state index < -0.39 is 0 Å². The first-order valence-electron chi connectivity index (χ1n) is 17.9. The standard InChI is InChI=1S/C46H33N3/c1-2-9-29-20-33(16-13-27(29)7-1)42-47-43(49-44(48-42)46-24-35-23-45(41(35)46)25-36(45)26-46)40-22-34(21-31-10-4-6-12-38(31)40)30-17-18-39-32(19-30)15-14-28-8-3-5-11-37(28)39/h1-22,35-36,41H,23-26H2. The Hall–Kier alpha value is -5.41. The largest absolute Gasteiger partial charge is 0.212 e. The van der Waals surface area contributed by atoms with Gasteiger partial charge in [0.05, 0.1) is 0 Å². The molecule has 0 bridgehead atoms. The monoisotopic (exact) mass is 627 g/mol. The minimum Gasteiger partial charge on any atom is -0.212 e. The molecule has 12 rings (SSSR count). The fourth-order valence-electron chi connectivity index (χ4n) is 11.0. The van der Waals surface area contributed by atoms with Gasteiger partial charge >= 0.3 is 0 Å². The highest BCUT2D eigenvalue weighted by molar-refractivity contribution is 6.09. The number of benzene rings is 7. The van der Waals surface area contributed by atoms with Gasteiger partial charge < -0.3 is 0 Å². The topological polar surface area (TPSA) is 38.7 Å². The Labute approximate surface area is 284 Å². The van der Waals surface area contributed by atoms with E-state index in [1.54, 1.807) is 0 Å². The van der Waals surface area contributed by atoms with Gasteiger partial charge in [0.1, 0.15) is 5.82 Å². The van der Waals surface area contributed by atoms with Crippen molar-refractivity contribution in [3.05, 3.63) is 139 Å². The van der Waals surface area contributed by atoms with E-state index in [4.69, 9.17) is 15.0 Å². The summed E-state index contributed by atoms with van der Waals surface area (Å²) in [5, 5.41) is 9.92. The Bertz CT molecular complexity index is 2730. The van der Waals surface area contributed by atoms with Crippen molar-refractivity contribution in [1.29, 1.82) is 0 Å². The summed E-state index contributed by atoms with van der Waals surface area (Å²) in [6.45, 7) is 0. The average Bonchev–Trinajstić information content (AvgIpc) is 3.84. The van der Waals surface area contributed by atoms with Gasteiger partial charge in [-0.15, -0.1) is 0 Å². The van der Waals surface area contributed by atoms with Crippen molar-refractivity contribution in [3.63, 3.8) is 0 Å². The maximum atomic E-state index is 5.50. The first-order chi connectivity index (χ1) is 24.1. The zero-order valence-corrected chi connectivity index (χ0v) is 27.1. The third-order valence-electron chi connectivity index (χ3n) is 13.1. The first kappa shape index (κ1) is 26.5. The molecule has 5 atom stereocenters. The van der Waals surface area contributed by atoms with Gasteiger partial charge in [0.2, 0.25) is 0 Å². The molecule has 8 aromatic rings. The van der Waals surface area contributed by atoms with Crippen molar-refractivity contribution in [2.75, 3.05) is 0 Å². The minimum absolute atomic E-state index is 0.115. The predicted octanol–water partition coefficient (Wildman–Crippen LogP) is 11.2. The van der Waals surface area contributed by atoms with Crippen LogP contribution in [0.3, 0.4) is 0 Å². The molecule has 7 aromatic carbocycles. The highest BCUT2D eigenvalue weighted by Gasteiger charge is 2.84. The van der Waals surface area contributed by atoms with Crippen LogP contribution in [0.5, 0.6) is 0 Å². The molecule has 4 aliphatic carbocycles. The molecule has 0 aliphatic heterocycles. The highest BCUT2D eigenvalue weighted by atomic mass is 15.1. The van der Waals surface area contributed by atoms with Crippen LogP contribution in [-0.4, -0.2) is 15.0 Å². The lowest BCUT2D eigenvalue weighted by atomic mass is 9.41. The molecule has 3 heteroatoms. The second-order valence-electron chi connectivity index (χ2n) is 15.5. The summed E-state index contributed by atoms with van der Waals surface area (Å²) in [4.78, 5) is 16.2. The van der Waals surface area contributed by atoms with Gasteiger partial charge in [-0.3, -0.25) is 0 Å². The lowest BCUT2D eigenvalue weighted by Gasteiger charge is -2.63. The summed E-state index contributed by atoms with van der Waals surface area (Å²) in [5.41, 5.74) is 5.24.